The van der Waals surface area contributed by atoms with Crippen LogP contribution in [0.15, 0.2) is 47.1 Å². The number of piperidine rings is 1. The predicted molar refractivity (Wildman–Crippen MR) is 111 cm³/mol. The number of rotatable bonds is 7. The van der Waals surface area contributed by atoms with E-state index in [1.807, 2.05) is 18.7 Å². The van der Waals surface area contributed by atoms with E-state index in [1.54, 1.807) is 6.07 Å². The van der Waals surface area contributed by atoms with Gasteiger partial charge in [0.2, 0.25) is 0 Å². The second kappa shape index (κ2) is 10.1. The molecule has 1 aromatic carbocycles. The molecule has 1 aliphatic rings. The monoisotopic (exact) mass is 452 g/mol. The minimum atomic E-state index is -4.55. The Morgan fingerprint density at radius 1 is 1.12 bits per heavy atom. The van der Waals surface area contributed by atoms with Crippen LogP contribution in [0, 0.1) is 0 Å². The number of carbonyl (C=O) groups is 2. The molecule has 0 aliphatic carbocycles. The van der Waals surface area contributed by atoms with E-state index >= 15 is 0 Å². The highest BCUT2D eigenvalue weighted by Gasteiger charge is 2.34. The van der Waals surface area contributed by atoms with Crippen LogP contribution in [0.2, 0.25) is 0 Å². The Balaban J connectivity index is 1.62. The van der Waals surface area contributed by atoms with E-state index < -0.39 is 18.6 Å². The fraction of sp³-hybridized carbons (Fsp3) is 0.478. The molecule has 174 valence electrons. The summed E-state index contributed by atoms with van der Waals surface area (Å²) in [5.74, 6) is -0.278. The average Bonchev–Trinajstić information content (AvgIpc) is 3.24. The van der Waals surface area contributed by atoms with Crippen LogP contribution >= 0.6 is 0 Å². The Morgan fingerprint density at radius 2 is 1.78 bits per heavy atom. The van der Waals surface area contributed by atoms with Crippen LogP contribution in [-0.4, -0.2) is 53.0 Å². The average molecular weight is 452 g/mol. The largest absolute Gasteiger partial charge is 0.484 e. The van der Waals surface area contributed by atoms with Gasteiger partial charge in [0.25, 0.3) is 11.8 Å². The van der Waals surface area contributed by atoms with Gasteiger partial charge in [-0.25, -0.2) is 0 Å². The number of benzene rings is 1. The lowest BCUT2D eigenvalue weighted by Gasteiger charge is -2.38. The van der Waals surface area contributed by atoms with Crippen LogP contribution in [0.1, 0.15) is 49.2 Å². The quantitative estimate of drug-likeness (QED) is 0.614. The Labute approximate surface area is 184 Å². The molecule has 0 radical (unpaired) electrons. The van der Waals surface area contributed by atoms with E-state index in [1.165, 1.54) is 36.6 Å². The molecule has 2 heterocycles. The molecule has 9 heteroatoms. The molecule has 1 aromatic heterocycles. The Morgan fingerprint density at radius 3 is 2.34 bits per heavy atom. The van der Waals surface area contributed by atoms with Gasteiger partial charge >= 0.3 is 6.18 Å². The Hall–Kier alpha value is -2.97. The molecule has 2 aromatic rings. The second-order valence-corrected chi connectivity index (χ2v) is 8.10. The van der Waals surface area contributed by atoms with Crippen LogP contribution in [0.25, 0.3) is 0 Å². The maximum Gasteiger partial charge on any atom is 0.406 e. The first-order valence-corrected chi connectivity index (χ1v) is 10.6. The summed E-state index contributed by atoms with van der Waals surface area (Å²) in [6, 6.07) is 9.09. The van der Waals surface area contributed by atoms with Crippen LogP contribution in [0.5, 0.6) is 5.75 Å². The van der Waals surface area contributed by atoms with Gasteiger partial charge in [-0.2, -0.15) is 13.2 Å². The summed E-state index contributed by atoms with van der Waals surface area (Å²) in [4.78, 5) is 27.8. The third kappa shape index (κ3) is 6.27. The number of halogens is 3. The van der Waals surface area contributed by atoms with Crippen molar-refractivity contribution < 1.29 is 31.9 Å². The summed E-state index contributed by atoms with van der Waals surface area (Å²) in [7, 11) is 0. The molecule has 2 amide bonds. The van der Waals surface area contributed by atoms with Crippen LogP contribution in [0.4, 0.5) is 13.2 Å². The van der Waals surface area contributed by atoms with Crippen LogP contribution < -0.4 is 4.74 Å². The molecule has 1 fully saturated rings. The predicted octanol–water partition coefficient (Wildman–Crippen LogP) is 4.65. The van der Waals surface area contributed by atoms with Gasteiger partial charge in [-0.05, 0) is 69.5 Å². The molecular weight excluding hydrogens is 425 g/mol. The van der Waals surface area contributed by atoms with Crippen molar-refractivity contribution >= 4 is 11.8 Å². The zero-order valence-electron chi connectivity index (χ0n) is 18.1. The molecule has 2 atom stereocenters. The van der Waals surface area contributed by atoms with E-state index in [4.69, 9.17) is 9.15 Å². The normalized spacial score (nSPS) is 19.0. The first-order valence-electron chi connectivity index (χ1n) is 10.6. The molecule has 3 rings (SSSR count). The van der Waals surface area contributed by atoms with E-state index in [0.29, 0.717) is 10.6 Å². The molecule has 0 saturated carbocycles. The lowest BCUT2D eigenvalue weighted by atomic mass is 9.97. The number of alkyl halides is 3. The number of ether oxygens (including phenoxy) is 1. The van der Waals surface area contributed by atoms with Crippen molar-refractivity contribution in [3.05, 3.63) is 54.0 Å². The van der Waals surface area contributed by atoms with Crippen molar-refractivity contribution in [2.24, 2.45) is 0 Å². The molecule has 32 heavy (non-hydrogen) atoms. The minimum absolute atomic E-state index is 0.0813. The van der Waals surface area contributed by atoms with E-state index in [0.717, 1.165) is 19.3 Å². The van der Waals surface area contributed by atoms with E-state index in [2.05, 4.69) is 0 Å². The molecule has 0 spiro atoms. The lowest BCUT2D eigenvalue weighted by molar-refractivity contribution is -0.142. The highest BCUT2D eigenvalue weighted by atomic mass is 19.4. The van der Waals surface area contributed by atoms with Crippen molar-refractivity contribution in [1.29, 1.82) is 0 Å². The number of amides is 2. The first kappa shape index (κ1) is 23.7. The molecule has 0 bridgehead atoms. The van der Waals surface area contributed by atoms with Gasteiger partial charge in [0, 0.05) is 17.6 Å². The highest BCUT2D eigenvalue weighted by molar-refractivity contribution is 5.94. The van der Waals surface area contributed by atoms with Crippen LogP contribution in [-0.2, 0) is 11.3 Å². The number of furan rings is 1. The fourth-order valence-corrected chi connectivity index (χ4v) is 4.02. The molecule has 1 saturated heterocycles. The van der Waals surface area contributed by atoms with Gasteiger partial charge in [-0.15, -0.1) is 0 Å². The zero-order valence-corrected chi connectivity index (χ0v) is 18.1. The van der Waals surface area contributed by atoms with E-state index in [-0.39, 0.29) is 42.5 Å². The second-order valence-electron chi connectivity index (χ2n) is 8.10. The number of hydrogen-bond donors (Lipinski definition) is 0. The SMILES string of the molecule is CC1CCCC(C)N1C(=O)COc1ccc(C(=O)N(Cc2ccco2)CC(F)(F)F)cc1. The van der Waals surface area contributed by atoms with Gasteiger partial charge in [0.1, 0.15) is 18.1 Å². The number of hydrogen-bond acceptors (Lipinski definition) is 4. The third-order valence-corrected chi connectivity index (χ3v) is 5.53. The van der Waals surface area contributed by atoms with Crippen molar-refractivity contribution in [3.8, 4) is 5.75 Å². The Bertz CT molecular complexity index is 887. The minimum Gasteiger partial charge on any atom is -0.484 e. The maximum absolute atomic E-state index is 13.0. The van der Waals surface area contributed by atoms with Crippen LogP contribution in [0.3, 0.4) is 0 Å². The third-order valence-electron chi connectivity index (χ3n) is 5.53. The standard InChI is InChI=1S/C23H27F3N2O4/c1-16-5-3-6-17(2)28(16)21(29)14-32-19-10-8-18(9-11-19)22(30)27(15-23(24,25)26)13-20-7-4-12-31-20/h4,7-12,16-17H,3,5-6,13-15H2,1-2H3. The summed E-state index contributed by atoms with van der Waals surface area (Å²) in [6.45, 7) is 2.20. The van der Waals surface area contributed by atoms with Crippen molar-refractivity contribution in [2.75, 3.05) is 13.2 Å². The smallest absolute Gasteiger partial charge is 0.406 e. The molecular formula is C23H27F3N2O4. The van der Waals surface area contributed by atoms with Gasteiger partial charge in [-0.1, -0.05) is 0 Å². The number of nitrogens with zero attached hydrogens (tertiary/aromatic N) is 2. The topological polar surface area (TPSA) is 63.0 Å². The maximum atomic E-state index is 13.0. The highest BCUT2D eigenvalue weighted by Crippen LogP contribution is 2.24. The molecule has 1 aliphatic heterocycles. The molecule has 0 N–H and O–H groups in total. The number of likely N-dealkylation sites (tertiary alicyclic amines) is 1. The summed E-state index contributed by atoms with van der Waals surface area (Å²) < 4.78 is 49.6. The summed E-state index contributed by atoms with van der Waals surface area (Å²) in [5.41, 5.74) is 0.0813. The zero-order chi connectivity index (χ0) is 23.3. The van der Waals surface area contributed by atoms with Gasteiger partial charge in [0.15, 0.2) is 6.61 Å². The molecule has 2 unspecified atom stereocenters. The van der Waals surface area contributed by atoms with E-state index in [9.17, 15) is 22.8 Å². The summed E-state index contributed by atoms with van der Waals surface area (Å²) in [6.07, 6.45) is -0.203. The molecule has 6 nitrogen and oxygen atoms in total. The van der Waals surface area contributed by atoms with Gasteiger partial charge in [-0.3, -0.25) is 9.59 Å². The van der Waals surface area contributed by atoms with Gasteiger partial charge < -0.3 is 19.0 Å². The van der Waals surface area contributed by atoms with Crippen molar-refractivity contribution in [3.63, 3.8) is 0 Å². The first-order chi connectivity index (χ1) is 15.1. The summed E-state index contributed by atoms with van der Waals surface area (Å²) >= 11 is 0. The fourth-order valence-electron chi connectivity index (χ4n) is 4.02. The number of carbonyl (C=O) groups excluding carboxylic acids is 2. The lowest BCUT2D eigenvalue weighted by Crippen LogP contribution is -2.49. The summed E-state index contributed by atoms with van der Waals surface area (Å²) in [5, 5.41) is 0. The van der Waals surface area contributed by atoms with Crippen molar-refractivity contribution in [1.82, 2.24) is 9.80 Å². The van der Waals surface area contributed by atoms with Crippen molar-refractivity contribution in [2.45, 2.75) is 57.9 Å². The van der Waals surface area contributed by atoms with Gasteiger partial charge in [0.05, 0.1) is 12.8 Å². The Kier molecular flexibility index (Phi) is 7.48.